The molecule has 1 aliphatic rings. The van der Waals surface area contributed by atoms with Gasteiger partial charge in [0.15, 0.2) is 5.82 Å². The Hall–Kier alpha value is -2.96. The van der Waals surface area contributed by atoms with Gasteiger partial charge in [0.1, 0.15) is 0 Å². The molecule has 1 aromatic carbocycles. The smallest absolute Gasteiger partial charge is 0.296 e. The molecular formula is C21H27F2N7O3. The van der Waals surface area contributed by atoms with Gasteiger partial charge in [-0.15, -0.1) is 0 Å². The Balaban J connectivity index is 1.86. The summed E-state index contributed by atoms with van der Waals surface area (Å²) in [6.07, 6.45) is -2.80. The Kier molecular flexibility index (Phi) is 7.57. The van der Waals surface area contributed by atoms with Crippen molar-refractivity contribution in [2.45, 2.75) is 6.43 Å². The summed E-state index contributed by atoms with van der Waals surface area (Å²) in [5, 5.41) is 0. The number of rotatable bonds is 10. The van der Waals surface area contributed by atoms with E-state index in [0.29, 0.717) is 75.5 Å². The predicted octanol–water partition coefficient (Wildman–Crippen LogP) is 2.08. The Morgan fingerprint density at radius 2 is 1.64 bits per heavy atom. The number of hydrogen-bond acceptors (Lipinski definition) is 9. The van der Waals surface area contributed by atoms with Crippen LogP contribution in [-0.2, 0) is 14.2 Å². The highest BCUT2D eigenvalue weighted by Crippen LogP contribution is 2.28. The summed E-state index contributed by atoms with van der Waals surface area (Å²) in [6.45, 7) is 4.11. The van der Waals surface area contributed by atoms with Crippen molar-refractivity contribution < 1.29 is 23.0 Å². The first-order valence-corrected chi connectivity index (χ1v) is 10.7. The average Bonchev–Trinajstić information content (AvgIpc) is 3.24. The minimum Gasteiger partial charge on any atom is -0.383 e. The normalized spacial score (nSPS) is 14.4. The molecular weight excluding hydrogens is 436 g/mol. The van der Waals surface area contributed by atoms with Crippen molar-refractivity contribution in [2.75, 3.05) is 76.6 Å². The van der Waals surface area contributed by atoms with E-state index >= 15 is 0 Å². The Morgan fingerprint density at radius 1 is 0.970 bits per heavy atom. The van der Waals surface area contributed by atoms with Crippen molar-refractivity contribution in [1.29, 1.82) is 0 Å². The first-order chi connectivity index (χ1) is 16.1. The molecule has 0 radical (unpaired) electrons. The van der Waals surface area contributed by atoms with Crippen molar-refractivity contribution >= 4 is 22.9 Å². The fraction of sp³-hybridized carbons (Fsp3) is 0.524. The predicted molar refractivity (Wildman–Crippen MR) is 118 cm³/mol. The van der Waals surface area contributed by atoms with E-state index in [1.807, 2.05) is 9.80 Å². The Labute approximate surface area is 190 Å². The van der Waals surface area contributed by atoms with Crippen molar-refractivity contribution in [1.82, 2.24) is 24.5 Å². The summed E-state index contributed by atoms with van der Waals surface area (Å²) >= 11 is 0. The number of para-hydroxylation sites is 2. The van der Waals surface area contributed by atoms with Gasteiger partial charge in [-0.2, -0.15) is 15.0 Å². The molecule has 0 aliphatic carbocycles. The maximum Gasteiger partial charge on any atom is 0.296 e. The molecule has 33 heavy (non-hydrogen) atoms. The van der Waals surface area contributed by atoms with Crippen molar-refractivity contribution in [3.63, 3.8) is 0 Å². The van der Waals surface area contributed by atoms with E-state index < -0.39 is 12.2 Å². The fourth-order valence-corrected chi connectivity index (χ4v) is 3.61. The molecule has 1 saturated heterocycles. The number of fused-ring (bicyclic) bond motifs is 1. The maximum atomic E-state index is 14.0. The van der Waals surface area contributed by atoms with Crippen LogP contribution in [0.1, 0.15) is 12.2 Å². The van der Waals surface area contributed by atoms with Gasteiger partial charge in [-0.05, 0) is 12.1 Å². The molecule has 178 valence electrons. The average molecular weight is 463 g/mol. The van der Waals surface area contributed by atoms with Crippen molar-refractivity contribution in [3.8, 4) is 5.95 Å². The van der Waals surface area contributed by atoms with Gasteiger partial charge in [0.05, 0.1) is 37.5 Å². The van der Waals surface area contributed by atoms with Gasteiger partial charge in [-0.1, -0.05) is 12.1 Å². The number of anilines is 2. The molecule has 12 heteroatoms. The molecule has 0 saturated carbocycles. The zero-order chi connectivity index (χ0) is 23.2. The van der Waals surface area contributed by atoms with E-state index in [1.165, 1.54) is 4.57 Å². The Bertz CT molecular complexity index is 1050. The third kappa shape index (κ3) is 5.18. The van der Waals surface area contributed by atoms with E-state index in [2.05, 4.69) is 19.9 Å². The van der Waals surface area contributed by atoms with Gasteiger partial charge in [-0.25, -0.2) is 13.8 Å². The fourth-order valence-electron chi connectivity index (χ4n) is 3.61. The molecule has 0 unspecified atom stereocenters. The third-order valence-electron chi connectivity index (χ3n) is 5.29. The topological polar surface area (TPSA) is 90.7 Å². The van der Waals surface area contributed by atoms with E-state index in [0.717, 1.165) is 0 Å². The van der Waals surface area contributed by atoms with Crippen LogP contribution in [0.2, 0.25) is 0 Å². The first kappa shape index (κ1) is 23.2. The lowest BCUT2D eigenvalue weighted by Gasteiger charge is -2.29. The van der Waals surface area contributed by atoms with Crippen molar-refractivity contribution in [3.05, 3.63) is 30.1 Å². The molecule has 0 spiro atoms. The van der Waals surface area contributed by atoms with Crippen LogP contribution in [0.4, 0.5) is 20.7 Å². The molecule has 0 N–H and O–H groups in total. The number of halogens is 2. The largest absolute Gasteiger partial charge is 0.383 e. The summed E-state index contributed by atoms with van der Waals surface area (Å²) < 4.78 is 45.2. The van der Waals surface area contributed by atoms with E-state index in [-0.39, 0.29) is 5.95 Å². The molecule has 10 nitrogen and oxygen atoms in total. The molecule has 0 atom stereocenters. The lowest BCUT2D eigenvalue weighted by atomic mass is 10.3. The van der Waals surface area contributed by atoms with E-state index in [4.69, 9.17) is 14.2 Å². The summed E-state index contributed by atoms with van der Waals surface area (Å²) in [5.41, 5.74) is 0.941. The second-order valence-corrected chi connectivity index (χ2v) is 7.40. The van der Waals surface area contributed by atoms with E-state index in [9.17, 15) is 8.78 Å². The minimum absolute atomic E-state index is 0.0883. The molecule has 3 aromatic rings. The van der Waals surface area contributed by atoms with Crippen LogP contribution in [0.25, 0.3) is 17.0 Å². The summed E-state index contributed by atoms with van der Waals surface area (Å²) in [6, 6.07) is 6.93. The van der Waals surface area contributed by atoms with E-state index in [1.54, 1.807) is 38.5 Å². The number of aromatic nitrogens is 5. The Morgan fingerprint density at radius 3 is 2.30 bits per heavy atom. The van der Waals surface area contributed by atoms with Gasteiger partial charge in [-0.3, -0.25) is 4.57 Å². The van der Waals surface area contributed by atoms with Crippen molar-refractivity contribution in [2.24, 2.45) is 0 Å². The SMILES string of the molecule is COCCN(CCOC)c1nc(N2CCOCC2)nc(-n2c(C(F)F)nc3ccccc32)n1. The number of alkyl halides is 2. The highest BCUT2D eigenvalue weighted by atomic mass is 19.3. The van der Waals surface area contributed by atoms with Crippen LogP contribution >= 0.6 is 0 Å². The second-order valence-electron chi connectivity index (χ2n) is 7.40. The number of nitrogens with zero attached hydrogens (tertiary/aromatic N) is 7. The number of morpholine rings is 1. The molecule has 0 amide bonds. The zero-order valence-electron chi connectivity index (χ0n) is 18.7. The molecule has 0 bridgehead atoms. The molecule has 1 fully saturated rings. The van der Waals surface area contributed by atoms with Crippen LogP contribution in [-0.4, -0.2) is 91.3 Å². The minimum atomic E-state index is -2.80. The lowest BCUT2D eigenvalue weighted by Crippen LogP contribution is -2.39. The highest BCUT2D eigenvalue weighted by molar-refractivity contribution is 5.77. The summed E-state index contributed by atoms with van der Waals surface area (Å²) in [4.78, 5) is 21.8. The van der Waals surface area contributed by atoms with Gasteiger partial charge >= 0.3 is 0 Å². The van der Waals surface area contributed by atoms with Gasteiger partial charge in [0.2, 0.25) is 17.8 Å². The molecule has 2 aromatic heterocycles. The summed E-state index contributed by atoms with van der Waals surface area (Å²) in [7, 11) is 3.22. The number of benzene rings is 1. The van der Waals surface area contributed by atoms with Crippen LogP contribution < -0.4 is 9.80 Å². The quantitative estimate of drug-likeness (QED) is 0.448. The number of hydrogen-bond donors (Lipinski definition) is 0. The summed E-state index contributed by atoms with van der Waals surface area (Å²) in [5.74, 6) is 0.427. The highest BCUT2D eigenvalue weighted by Gasteiger charge is 2.25. The zero-order valence-corrected chi connectivity index (χ0v) is 18.7. The van der Waals surface area contributed by atoms with Gasteiger partial charge < -0.3 is 24.0 Å². The molecule has 4 rings (SSSR count). The monoisotopic (exact) mass is 463 g/mol. The van der Waals surface area contributed by atoms with Crippen LogP contribution in [0, 0.1) is 0 Å². The second kappa shape index (κ2) is 10.8. The van der Waals surface area contributed by atoms with Crippen LogP contribution in [0.5, 0.6) is 0 Å². The number of ether oxygens (including phenoxy) is 3. The first-order valence-electron chi connectivity index (χ1n) is 10.7. The van der Waals surface area contributed by atoms with Gasteiger partial charge in [0, 0.05) is 40.4 Å². The number of imidazole rings is 1. The standard InChI is InChI=1S/C21H27F2N7O3/c1-31-11-7-28(8-12-32-2)19-25-20(29-9-13-33-14-10-29)27-21(26-19)30-16-6-4-3-5-15(16)24-18(30)17(22)23/h3-6,17H,7-14H2,1-2H3. The third-order valence-corrected chi connectivity index (χ3v) is 5.29. The maximum absolute atomic E-state index is 14.0. The lowest BCUT2D eigenvalue weighted by molar-refractivity contribution is 0.122. The van der Waals surface area contributed by atoms with Gasteiger partial charge in [0.25, 0.3) is 6.43 Å². The van der Waals surface area contributed by atoms with Crippen LogP contribution in [0.3, 0.4) is 0 Å². The molecule has 3 heterocycles. The molecule has 1 aliphatic heterocycles. The van der Waals surface area contributed by atoms with Crippen LogP contribution in [0.15, 0.2) is 24.3 Å². The number of methoxy groups -OCH3 is 2.